The second-order valence-corrected chi connectivity index (χ2v) is 5.88. The van der Waals surface area contributed by atoms with Gasteiger partial charge in [0.25, 0.3) is 0 Å². The number of carbonyl (C=O) groups excluding carboxylic acids is 1. The number of rotatable bonds is 15. The van der Waals surface area contributed by atoms with Gasteiger partial charge < -0.3 is 15.0 Å². The Morgan fingerprint density at radius 1 is 0.955 bits per heavy atom. The van der Waals surface area contributed by atoms with Crippen molar-refractivity contribution in [1.29, 1.82) is 0 Å². The number of hydrogen-bond acceptors (Lipinski definition) is 3. The topological polar surface area (TPSA) is 60.4 Å². The maximum absolute atomic E-state index is 10.2. The predicted molar refractivity (Wildman–Crippen MR) is 85.8 cm³/mol. The molecular weight excluding hydrogens is 303 g/mol. The number of aliphatic hydroxyl groups excluding tert-OH is 1. The van der Waals surface area contributed by atoms with Crippen LogP contribution in [0.2, 0.25) is 0 Å². The molecule has 0 saturated carbocycles. The normalized spacial score (nSPS) is 12.3. The van der Waals surface area contributed by atoms with Crippen LogP contribution < -0.4 is 56.5 Å². The fourth-order valence-electron chi connectivity index (χ4n) is 2.37. The number of allylic oxidation sites excluding steroid dienone is 2. The minimum Gasteiger partial charge on any atom is -0.550 e. The van der Waals surface area contributed by atoms with Crippen molar-refractivity contribution < 1.29 is 66.4 Å². The van der Waals surface area contributed by atoms with Crippen molar-refractivity contribution in [3.63, 3.8) is 0 Å². The van der Waals surface area contributed by atoms with Gasteiger partial charge in [-0.3, -0.25) is 0 Å². The molecule has 1 atom stereocenters. The van der Waals surface area contributed by atoms with Crippen LogP contribution in [0.4, 0.5) is 0 Å². The molecule has 1 unspecified atom stereocenters. The molecule has 4 heteroatoms. The Morgan fingerprint density at radius 3 is 2.18 bits per heavy atom. The minimum absolute atomic E-state index is 0. The van der Waals surface area contributed by atoms with E-state index in [0.29, 0.717) is 6.42 Å². The SMILES string of the molecule is CCCCCC/C=C/CCCC(O)CCCCCC(=O)[O-].[K+]. The van der Waals surface area contributed by atoms with Crippen molar-refractivity contribution in [3.05, 3.63) is 12.2 Å². The Hall–Kier alpha value is 0.806. The van der Waals surface area contributed by atoms with Gasteiger partial charge in [-0.15, -0.1) is 0 Å². The zero-order valence-corrected chi connectivity index (χ0v) is 17.8. The van der Waals surface area contributed by atoms with E-state index >= 15 is 0 Å². The molecule has 124 valence electrons. The number of carbonyl (C=O) groups is 1. The summed E-state index contributed by atoms with van der Waals surface area (Å²) in [5, 5.41) is 20.0. The van der Waals surface area contributed by atoms with Crippen LogP contribution in [0.3, 0.4) is 0 Å². The van der Waals surface area contributed by atoms with Gasteiger partial charge >= 0.3 is 51.4 Å². The zero-order valence-electron chi connectivity index (χ0n) is 14.7. The zero-order chi connectivity index (χ0) is 15.8. The molecule has 0 aromatic carbocycles. The molecule has 0 fully saturated rings. The Bertz CT molecular complexity index is 267. The summed E-state index contributed by atoms with van der Waals surface area (Å²) in [6.07, 6.45) is 17.0. The monoisotopic (exact) mass is 336 g/mol. The largest absolute Gasteiger partial charge is 1.00 e. The van der Waals surface area contributed by atoms with Crippen molar-refractivity contribution in [2.75, 3.05) is 0 Å². The molecule has 0 heterocycles. The van der Waals surface area contributed by atoms with E-state index in [4.69, 9.17) is 0 Å². The Kier molecular flexibility index (Phi) is 22.6. The number of carboxylic acids is 1. The molecule has 0 aliphatic carbocycles. The van der Waals surface area contributed by atoms with Crippen molar-refractivity contribution in [1.82, 2.24) is 0 Å². The number of hydrogen-bond donors (Lipinski definition) is 1. The predicted octanol–water partition coefficient (Wildman–Crippen LogP) is 0.749. The van der Waals surface area contributed by atoms with Gasteiger partial charge in [0.05, 0.1) is 6.10 Å². The third kappa shape index (κ3) is 20.8. The molecule has 0 amide bonds. The first kappa shape index (κ1) is 25.1. The molecular formula is C18H33KO3. The van der Waals surface area contributed by atoms with Crippen LogP contribution in [-0.2, 0) is 4.79 Å². The van der Waals surface area contributed by atoms with Gasteiger partial charge in [-0.1, -0.05) is 51.2 Å². The van der Waals surface area contributed by atoms with Gasteiger partial charge in [0.15, 0.2) is 0 Å². The molecule has 0 rings (SSSR count). The van der Waals surface area contributed by atoms with Gasteiger partial charge in [0, 0.05) is 5.97 Å². The Labute approximate surface area is 179 Å². The second kappa shape index (κ2) is 19.9. The molecule has 1 N–H and O–H groups in total. The van der Waals surface area contributed by atoms with Crippen molar-refractivity contribution in [2.24, 2.45) is 0 Å². The van der Waals surface area contributed by atoms with E-state index in [2.05, 4.69) is 19.1 Å². The quantitative estimate of drug-likeness (QED) is 0.273. The van der Waals surface area contributed by atoms with Crippen LogP contribution in [0.5, 0.6) is 0 Å². The van der Waals surface area contributed by atoms with Gasteiger partial charge in [-0.05, 0) is 51.4 Å². The van der Waals surface area contributed by atoms with E-state index in [1.54, 1.807) is 0 Å². The van der Waals surface area contributed by atoms with E-state index in [1.165, 1.54) is 32.1 Å². The van der Waals surface area contributed by atoms with E-state index in [1.807, 2.05) is 0 Å². The fourth-order valence-corrected chi connectivity index (χ4v) is 2.37. The third-order valence-corrected chi connectivity index (χ3v) is 3.72. The van der Waals surface area contributed by atoms with Gasteiger partial charge in [-0.25, -0.2) is 0 Å². The van der Waals surface area contributed by atoms with Crippen molar-refractivity contribution in [2.45, 2.75) is 96.5 Å². The van der Waals surface area contributed by atoms with Gasteiger partial charge in [0.2, 0.25) is 0 Å². The molecule has 0 aliphatic rings. The van der Waals surface area contributed by atoms with Crippen LogP contribution in [0.15, 0.2) is 12.2 Å². The molecule has 0 spiro atoms. The van der Waals surface area contributed by atoms with Crippen LogP contribution in [0, 0.1) is 0 Å². The average molecular weight is 337 g/mol. The molecule has 0 aromatic heterocycles. The van der Waals surface area contributed by atoms with Crippen LogP contribution >= 0.6 is 0 Å². The van der Waals surface area contributed by atoms with Crippen molar-refractivity contribution >= 4 is 5.97 Å². The van der Waals surface area contributed by atoms with Gasteiger partial charge in [-0.2, -0.15) is 0 Å². The summed E-state index contributed by atoms with van der Waals surface area (Å²) >= 11 is 0. The number of carboxylic acid groups (broad SMARTS) is 1. The fraction of sp³-hybridized carbons (Fsp3) is 0.833. The van der Waals surface area contributed by atoms with E-state index < -0.39 is 5.97 Å². The number of aliphatic carboxylic acids is 1. The molecule has 22 heavy (non-hydrogen) atoms. The van der Waals surface area contributed by atoms with Crippen LogP contribution in [-0.4, -0.2) is 17.2 Å². The molecule has 0 saturated heterocycles. The second-order valence-electron chi connectivity index (χ2n) is 5.88. The molecule has 0 aliphatic heterocycles. The van der Waals surface area contributed by atoms with E-state index in [-0.39, 0.29) is 63.9 Å². The molecule has 0 radical (unpaired) electrons. The van der Waals surface area contributed by atoms with Crippen molar-refractivity contribution in [3.8, 4) is 0 Å². The summed E-state index contributed by atoms with van der Waals surface area (Å²) in [4.78, 5) is 10.2. The molecule has 0 bridgehead atoms. The molecule has 3 nitrogen and oxygen atoms in total. The Balaban J connectivity index is 0. The summed E-state index contributed by atoms with van der Waals surface area (Å²) in [5.41, 5.74) is 0. The first-order chi connectivity index (χ1) is 10.2. The summed E-state index contributed by atoms with van der Waals surface area (Å²) < 4.78 is 0. The van der Waals surface area contributed by atoms with Crippen LogP contribution in [0.25, 0.3) is 0 Å². The maximum atomic E-state index is 10.2. The third-order valence-electron chi connectivity index (χ3n) is 3.72. The first-order valence-corrected chi connectivity index (χ1v) is 8.69. The summed E-state index contributed by atoms with van der Waals surface area (Å²) in [6.45, 7) is 2.23. The first-order valence-electron chi connectivity index (χ1n) is 8.69. The summed E-state index contributed by atoms with van der Waals surface area (Å²) in [7, 11) is 0. The van der Waals surface area contributed by atoms with Gasteiger partial charge in [0.1, 0.15) is 0 Å². The van der Waals surface area contributed by atoms with Crippen LogP contribution in [0.1, 0.15) is 90.4 Å². The smallest absolute Gasteiger partial charge is 0.550 e. The summed E-state index contributed by atoms with van der Waals surface area (Å²) in [5.74, 6) is -0.975. The standard InChI is InChI=1S/C18H34O3.K/c1-2-3-4-5-6-7-8-9-11-14-17(19)15-12-10-13-16-18(20)21;/h7-8,17,19H,2-6,9-16H2,1H3,(H,20,21);/q;+1/p-1/b8-7+;. The maximum Gasteiger partial charge on any atom is 1.00 e. The Morgan fingerprint density at radius 2 is 1.55 bits per heavy atom. The van der Waals surface area contributed by atoms with E-state index in [0.717, 1.165) is 38.5 Å². The number of unbranched alkanes of at least 4 members (excludes halogenated alkanes) is 7. The minimum atomic E-state index is -0.975. The van der Waals surface area contributed by atoms with E-state index in [9.17, 15) is 15.0 Å². The molecule has 0 aromatic rings. The average Bonchev–Trinajstić information content (AvgIpc) is 2.45. The summed E-state index contributed by atoms with van der Waals surface area (Å²) in [6, 6.07) is 0. The number of aliphatic hydroxyl groups is 1.